The third kappa shape index (κ3) is 3.23. The molecule has 0 radical (unpaired) electrons. The van der Waals surface area contributed by atoms with Gasteiger partial charge in [-0.25, -0.2) is 0 Å². The van der Waals surface area contributed by atoms with Crippen LogP contribution < -0.4 is 0 Å². The molecule has 100 valence electrons. The summed E-state index contributed by atoms with van der Waals surface area (Å²) in [4.78, 5) is 3.70. The van der Waals surface area contributed by atoms with Crippen molar-refractivity contribution in [3.8, 4) is 6.07 Å². The van der Waals surface area contributed by atoms with E-state index in [1.807, 2.05) is 12.1 Å². The molecule has 0 aliphatic rings. The Hall–Kier alpha value is -2.61. The van der Waals surface area contributed by atoms with Crippen molar-refractivity contribution < 1.29 is 13.2 Å². The number of benzene rings is 1. The molecule has 0 amide bonds. The molecule has 1 aromatic carbocycles. The number of allylic oxidation sites excluding steroid dienone is 1. The molecule has 0 unspecified atom stereocenters. The topological polar surface area (TPSA) is 36.7 Å². The third-order valence-corrected chi connectivity index (χ3v) is 2.60. The maximum Gasteiger partial charge on any atom is 0.417 e. The number of aromatic nitrogens is 1. The summed E-state index contributed by atoms with van der Waals surface area (Å²) in [7, 11) is 0. The first-order valence-corrected chi connectivity index (χ1v) is 5.71. The largest absolute Gasteiger partial charge is 0.417 e. The lowest BCUT2D eigenvalue weighted by Gasteiger charge is -2.06. The molecule has 2 rings (SSSR count). The zero-order valence-corrected chi connectivity index (χ0v) is 10.2. The zero-order chi connectivity index (χ0) is 14.6. The molecule has 0 atom stereocenters. The molecule has 5 heteroatoms. The van der Waals surface area contributed by atoms with E-state index in [9.17, 15) is 13.2 Å². The van der Waals surface area contributed by atoms with Crippen molar-refractivity contribution in [3.63, 3.8) is 0 Å². The monoisotopic (exact) mass is 274 g/mol. The summed E-state index contributed by atoms with van der Waals surface area (Å²) in [5.41, 5.74) is 0.373. The molecule has 2 nitrogen and oxygen atoms in total. The first-order valence-electron chi connectivity index (χ1n) is 5.71. The normalized spacial score (nSPS) is 12.0. The minimum Gasteiger partial charge on any atom is -0.255 e. The van der Waals surface area contributed by atoms with Crippen molar-refractivity contribution >= 4 is 11.6 Å². The van der Waals surface area contributed by atoms with Gasteiger partial charge in [0, 0.05) is 6.20 Å². The van der Waals surface area contributed by atoms with E-state index in [2.05, 4.69) is 4.98 Å². The Morgan fingerprint density at radius 2 is 1.80 bits per heavy atom. The fraction of sp³-hybridized carbons (Fsp3) is 0.0667. The van der Waals surface area contributed by atoms with E-state index in [0.29, 0.717) is 0 Å². The van der Waals surface area contributed by atoms with Crippen LogP contribution in [0.5, 0.6) is 0 Å². The van der Waals surface area contributed by atoms with Gasteiger partial charge in [-0.3, -0.25) is 4.98 Å². The molecule has 0 aliphatic carbocycles. The maximum absolute atomic E-state index is 12.4. The van der Waals surface area contributed by atoms with Gasteiger partial charge in [0.05, 0.1) is 16.8 Å². The van der Waals surface area contributed by atoms with E-state index in [-0.39, 0.29) is 11.3 Å². The standard InChI is InChI=1S/C15H9F3N2/c16-15(17,18)13-6-7-14(20-10-13)12(9-19)8-11-4-2-1-3-5-11/h1-8,10H/b12-8+. The average Bonchev–Trinajstić information content (AvgIpc) is 2.45. The van der Waals surface area contributed by atoms with Crippen LogP contribution in [0.1, 0.15) is 16.8 Å². The molecule has 2 aromatic rings. The van der Waals surface area contributed by atoms with Crippen molar-refractivity contribution in [2.75, 3.05) is 0 Å². The van der Waals surface area contributed by atoms with Crippen LogP contribution in [0.4, 0.5) is 13.2 Å². The van der Waals surface area contributed by atoms with Gasteiger partial charge in [0.15, 0.2) is 0 Å². The highest BCUT2D eigenvalue weighted by Gasteiger charge is 2.30. The van der Waals surface area contributed by atoms with Gasteiger partial charge in [-0.2, -0.15) is 18.4 Å². The fourth-order valence-electron chi connectivity index (χ4n) is 1.60. The van der Waals surface area contributed by atoms with Gasteiger partial charge in [0.25, 0.3) is 0 Å². The summed E-state index contributed by atoms with van der Waals surface area (Å²) in [5, 5.41) is 9.09. The van der Waals surface area contributed by atoms with E-state index < -0.39 is 11.7 Å². The van der Waals surface area contributed by atoms with Crippen LogP contribution in [0.3, 0.4) is 0 Å². The van der Waals surface area contributed by atoms with Gasteiger partial charge >= 0.3 is 6.18 Å². The second-order valence-electron chi connectivity index (χ2n) is 4.01. The number of rotatable bonds is 2. The first kappa shape index (κ1) is 13.8. The second kappa shape index (κ2) is 5.57. The number of nitriles is 1. The molecule has 0 fully saturated rings. The van der Waals surface area contributed by atoms with Crippen molar-refractivity contribution in [1.82, 2.24) is 4.98 Å². The SMILES string of the molecule is N#C/C(=C\c1ccccc1)c1ccc(C(F)(F)F)cn1. The van der Waals surface area contributed by atoms with Crippen LogP contribution in [-0.4, -0.2) is 4.98 Å². The highest BCUT2D eigenvalue weighted by Crippen LogP contribution is 2.29. The molecule has 1 aromatic heterocycles. The average molecular weight is 274 g/mol. The van der Waals surface area contributed by atoms with Gasteiger partial charge in [-0.05, 0) is 23.8 Å². The summed E-state index contributed by atoms with van der Waals surface area (Å²) in [5.74, 6) is 0. The lowest BCUT2D eigenvalue weighted by molar-refractivity contribution is -0.137. The van der Waals surface area contributed by atoms with Gasteiger partial charge < -0.3 is 0 Å². The molecule has 20 heavy (non-hydrogen) atoms. The first-order chi connectivity index (χ1) is 9.50. The molecular weight excluding hydrogens is 265 g/mol. The van der Waals surface area contributed by atoms with E-state index in [4.69, 9.17) is 5.26 Å². The number of pyridine rings is 1. The Morgan fingerprint density at radius 3 is 2.30 bits per heavy atom. The summed E-state index contributed by atoms with van der Waals surface area (Å²) >= 11 is 0. The lowest BCUT2D eigenvalue weighted by Crippen LogP contribution is -2.05. The second-order valence-corrected chi connectivity index (χ2v) is 4.01. The Labute approximate surface area is 113 Å². The number of hydrogen-bond acceptors (Lipinski definition) is 2. The predicted octanol–water partition coefficient (Wildman–Crippen LogP) is 4.16. The zero-order valence-electron chi connectivity index (χ0n) is 10.2. The van der Waals surface area contributed by atoms with E-state index in [1.54, 1.807) is 30.3 Å². The Bertz CT molecular complexity index is 650. The van der Waals surface area contributed by atoms with Gasteiger partial charge in [-0.15, -0.1) is 0 Å². The highest BCUT2D eigenvalue weighted by atomic mass is 19.4. The molecular formula is C15H9F3N2. The Kier molecular flexibility index (Phi) is 3.85. The minimum absolute atomic E-state index is 0.212. The summed E-state index contributed by atoms with van der Waals surface area (Å²) in [6.07, 6.45) is -2.12. The molecule has 0 saturated heterocycles. The third-order valence-electron chi connectivity index (χ3n) is 2.60. The van der Waals surface area contributed by atoms with Gasteiger partial charge in [0.1, 0.15) is 6.07 Å². The molecule has 0 spiro atoms. The molecule has 0 N–H and O–H groups in total. The predicted molar refractivity (Wildman–Crippen MR) is 69.2 cm³/mol. The van der Waals surface area contributed by atoms with Crippen molar-refractivity contribution in [1.29, 1.82) is 5.26 Å². The van der Waals surface area contributed by atoms with E-state index >= 15 is 0 Å². The summed E-state index contributed by atoms with van der Waals surface area (Å²) in [6, 6.07) is 13.1. The Balaban J connectivity index is 2.34. The Morgan fingerprint density at radius 1 is 1.10 bits per heavy atom. The van der Waals surface area contributed by atoms with Crippen LogP contribution in [0, 0.1) is 11.3 Å². The van der Waals surface area contributed by atoms with Crippen LogP contribution in [0.25, 0.3) is 11.6 Å². The van der Waals surface area contributed by atoms with E-state index in [1.165, 1.54) is 6.07 Å². The smallest absolute Gasteiger partial charge is 0.255 e. The molecule has 1 heterocycles. The van der Waals surface area contributed by atoms with Crippen molar-refractivity contribution in [3.05, 3.63) is 65.5 Å². The van der Waals surface area contributed by atoms with Crippen LogP contribution in [-0.2, 0) is 6.18 Å². The van der Waals surface area contributed by atoms with Crippen LogP contribution >= 0.6 is 0 Å². The fourth-order valence-corrected chi connectivity index (χ4v) is 1.60. The molecule has 0 bridgehead atoms. The molecule has 0 saturated carbocycles. The van der Waals surface area contributed by atoms with Gasteiger partial charge in [-0.1, -0.05) is 30.3 Å². The van der Waals surface area contributed by atoms with Gasteiger partial charge in [0.2, 0.25) is 0 Å². The highest BCUT2D eigenvalue weighted by molar-refractivity contribution is 5.88. The minimum atomic E-state index is -4.43. The quantitative estimate of drug-likeness (QED) is 0.771. The van der Waals surface area contributed by atoms with Crippen LogP contribution in [0.15, 0.2) is 48.7 Å². The number of halogens is 3. The number of alkyl halides is 3. The van der Waals surface area contributed by atoms with E-state index in [0.717, 1.165) is 17.8 Å². The maximum atomic E-state index is 12.4. The van der Waals surface area contributed by atoms with Crippen LogP contribution in [0.2, 0.25) is 0 Å². The number of hydrogen-bond donors (Lipinski definition) is 0. The molecule has 0 aliphatic heterocycles. The van der Waals surface area contributed by atoms with Crippen molar-refractivity contribution in [2.45, 2.75) is 6.18 Å². The number of nitrogens with zero attached hydrogens (tertiary/aromatic N) is 2. The summed E-state index contributed by atoms with van der Waals surface area (Å²) < 4.78 is 37.3. The summed E-state index contributed by atoms with van der Waals surface area (Å²) in [6.45, 7) is 0. The lowest BCUT2D eigenvalue weighted by atomic mass is 10.1. The van der Waals surface area contributed by atoms with Crippen molar-refractivity contribution in [2.24, 2.45) is 0 Å².